The Labute approximate surface area is 136 Å². The summed E-state index contributed by atoms with van der Waals surface area (Å²) in [5, 5.41) is 7.23. The van der Waals surface area contributed by atoms with E-state index in [0.717, 1.165) is 30.8 Å². The number of aromatic amines is 1. The zero-order chi connectivity index (χ0) is 17.0. The SMILES string of the molecule is Cc1n[nH]c(C)c1CCCN(C)c1cncc(C(=O)N(C)C)n1. The van der Waals surface area contributed by atoms with E-state index in [1.807, 2.05) is 25.8 Å². The van der Waals surface area contributed by atoms with Gasteiger partial charge in [0.1, 0.15) is 11.5 Å². The number of anilines is 1. The van der Waals surface area contributed by atoms with Crippen molar-refractivity contribution in [3.05, 3.63) is 35.0 Å². The number of H-pyrrole nitrogens is 1. The number of aromatic nitrogens is 4. The van der Waals surface area contributed by atoms with Gasteiger partial charge in [-0.15, -0.1) is 0 Å². The van der Waals surface area contributed by atoms with Gasteiger partial charge in [0, 0.05) is 33.4 Å². The Morgan fingerprint density at radius 1 is 1.22 bits per heavy atom. The summed E-state index contributed by atoms with van der Waals surface area (Å²) in [5.74, 6) is 0.565. The van der Waals surface area contributed by atoms with Crippen LogP contribution in [0.4, 0.5) is 5.82 Å². The maximum atomic E-state index is 12.0. The lowest BCUT2D eigenvalue weighted by Crippen LogP contribution is -2.25. The fourth-order valence-electron chi connectivity index (χ4n) is 2.42. The molecule has 7 heteroatoms. The third-order valence-corrected chi connectivity index (χ3v) is 3.84. The molecule has 23 heavy (non-hydrogen) atoms. The molecule has 0 aliphatic carbocycles. The minimum atomic E-state index is -0.141. The Balaban J connectivity index is 1.97. The molecule has 7 nitrogen and oxygen atoms in total. The maximum Gasteiger partial charge on any atom is 0.273 e. The minimum absolute atomic E-state index is 0.141. The minimum Gasteiger partial charge on any atom is -0.358 e. The summed E-state index contributed by atoms with van der Waals surface area (Å²) in [6.45, 7) is 4.89. The number of carbonyl (C=O) groups excluding carboxylic acids is 1. The fourth-order valence-corrected chi connectivity index (χ4v) is 2.42. The molecule has 0 bridgehead atoms. The molecule has 1 N–H and O–H groups in total. The predicted molar refractivity (Wildman–Crippen MR) is 89.7 cm³/mol. The predicted octanol–water partition coefficient (Wildman–Crippen LogP) is 1.59. The second-order valence-electron chi connectivity index (χ2n) is 5.90. The first-order valence-electron chi connectivity index (χ1n) is 7.65. The van der Waals surface area contributed by atoms with Gasteiger partial charge < -0.3 is 9.80 Å². The molecule has 0 saturated carbocycles. The molecule has 0 unspecified atom stereocenters. The highest BCUT2D eigenvalue weighted by atomic mass is 16.2. The first-order chi connectivity index (χ1) is 10.9. The van der Waals surface area contributed by atoms with Crippen molar-refractivity contribution in [1.82, 2.24) is 25.1 Å². The van der Waals surface area contributed by atoms with Crippen LogP contribution in [0.5, 0.6) is 0 Å². The van der Waals surface area contributed by atoms with Gasteiger partial charge in [-0.2, -0.15) is 5.10 Å². The zero-order valence-corrected chi connectivity index (χ0v) is 14.4. The number of rotatable bonds is 6. The van der Waals surface area contributed by atoms with Crippen molar-refractivity contribution < 1.29 is 4.79 Å². The fraction of sp³-hybridized carbons (Fsp3) is 0.500. The normalized spacial score (nSPS) is 10.7. The van der Waals surface area contributed by atoms with Crippen LogP contribution >= 0.6 is 0 Å². The van der Waals surface area contributed by atoms with E-state index in [-0.39, 0.29) is 5.91 Å². The lowest BCUT2D eigenvalue weighted by Gasteiger charge is -2.18. The molecule has 124 valence electrons. The lowest BCUT2D eigenvalue weighted by molar-refractivity contribution is 0.0821. The number of nitrogens with one attached hydrogen (secondary N) is 1. The zero-order valence-electron chi connectivity index (χ0n) is 14.4. The highest BCUT2D eigenvalue weighted by molar-refractivity contribution is 5.91. The number of hydrogen-bond acceptors (Lipinski definition) is 5. The van der Waals surface area contributed by atoms with Gasteiger partial charge in [-0.25, -0.2) is 4.98 Å². The van der Waals surface area contributed by atoms with Gasteiger partial charge in [-0.1, -0.05) is 0 Å². The highest BCUT2D eigenvalue weighted by Crippen LogP contribution is 2.14. The van der Waals surface area contributed by atoms with E-state index in [0.29, 0.717) is 11.5 Å². The average Bonchev–Trinajstić information content (AvgIpc) is 2.85. The molecule has 2 aromatic heterocycles. The number of aryl methyl sites for hydroxylation is 2. The highest BCUT2D eigenvalue weighted by Gasteiger charge is 2.13. The molecule has 0 aliphatic rings. The average molecular weight is 316 g/mol. The standard InChI is InChI=1S/C16H24N6O/c1-11-13(12(2)20-19-11)7-6-8-22(5)15-10-17-9-14(18-15)16(23)21(3)4/h9-10H,6-8H2,1-5H3,(H,19,20). The largest absolute Gasteiger partial charge is 0.358 e. The summed E-state index contributed by atoms with van der Waals surface area (Å²) in [4.78, 5) is 24.0. The van der Waals surface area contributed by atoms with Crippen molar-refractivity contribution in [3.63, 3.8) is 0 Å². The van der Waals surface area contributed by atoms with Crippen molar-refractivity contribution in [2.75, 3.05) is 32.6 Å². The molecule has 0 spiro atoms. The van der Waals surface area contributed by atoms with Crippen LogP contribution in [0.25, 0.3) is 0 Å². The Hall–Kier alpha value is -2.44. The van der Waals surface area contributed by atoms with E-state index in [4.69, 9.17) is 0 Å². The summed E-state index contributed by atoms with van der Waals surface area (Å²) in [6.07, 6.45) is 5.12. The molecule has 2 aromatic rings. The molecule has 0 radical (unpaired) electrons. The molecule has 2 heterocycles. The molecular formula is C16H24N6O. The van der Waals surface area contributed by atoms with Crippen molar-refractivity contribution in [3.8, 4) is 0 Å². The van der Waals surface area contributed by atoms with E-state index in [1.54, 1.807) is 20.3 Å². The third kappa shape index (κ3) is 4.06. The molecule has 0 fully saturated rings. The number of hydrogen-bond donors (Lipinski definition) is 1. The van der Waals surface area contributed by atoms with Gasteiger partial charge in [0.15, 0.2) is 0 Å². The number of nitrogens with zero attached hydrogens (tertiary/aromatic N) is 5. The Bertz CT molecular complexity index is 659. The topological polar surface area (TPSA) is 78.0 Å². The van der Waals surface area contributed by atoms with Gasteiger partial charge in [-0.05, 0) is 32.3 Å². The van der Waals surface area contributed by atoms with Crippen LogP contribution in [0.15, 0.2) is 12.4 Å². The van der Waals surface area contributed by atoms with E-state index < -0.39 is 0 Å². The first kappa shape index (κ1) is 16.9. The molecule has 1 amide bonds. The van der Waals surface area contributed by atoms with Crippen LogP contribution in [0, 0.1) is 13.8 Å². The molecule has 0 saturated heterocycles. The van der Waals surface area contributed by atoms with Crippen LogP contribution in [-0.4, -0.2) is 58.7 Å². The quantitative estimate of drug-likeness (QED) is 0.875. The Morgan fingerprint density at radius 2 is 1.96 bits per heavy atom. The molecular weight excluding hydrogens is 292 g/mol. The van der Waals surface area contributed by atoms with Gasteiger partial charge in [0.25, 0.3) is 5.91 Å². The van der Waals surface area contributed by atoms with Gasteiger partial charge in [0.05, 0.1) is 18.1 Å². The van der Waals surface area contributed by atoms with Gasteiger partial charge >= 0.3 is 0 Å². The number of amides is 1. The van der Waals surface area contributed by atoms with Gasteiger partial charge in [0.2, 0.25) is 0 Å². The third-order valence-electron chi connectivity index (χ3n) is 3.84. The van der Waals surface area contributed by atoms with Crippen LogP contribution in [0.3, 0.4) is 0 Å². The molecule has 0 aromatic carbocycles. The summed E-state index contributed by atoms with van der Waals surface area (Å²) < 4.78 is 0. The smallest absolute Gasteiger partial charge is 0.273 e. The van der Waals surface area contributed by atoms with Crippen molar-refractivity contribution in [1.29, 1.82) is 0 Å². The number of carbonyl (C=O) groups is 1. The Kier molecular flexibility index (Phi) is 5.31. The second kappa shape index (κ2) is 7.21. The van der Waals surface area contributed by atoms with E-state index >= 15 is 0 Å². The van der Waals surface area contributed by atoms with Gasteiger partial charge in [-0.3, -0.25) is 14.9 Å². The maximum absolute atomic E-state index is 12.0. The van der Waals surface area contributed by atoms with Crippen LogP contribution < -0.4 is 4.90 Å². The van der Waals surface area contributed by atoms with E-state index in [9.17, 15) is 4.79 Å². The van der Waals surface area contributed by atoms with Crippen molar-refractivity contribution >= 4 is 11.7 Å². The van der Waals surface area contributed by atoms with E-state index in [1.165, 1.54) is 16.7 Å². The molecule has 0 aliphatic heterocycles. The van der Waals surface area contributed by atoms with Crippen LogP contribution in [-0.2, 0) is 6.42 Å². The molecule has 0 atom stereocenters. The Morgan fingerprint density at radius 3 is 2.57 bits per heavy atom. The lowest BCUT2D eigenvalue weighted by atomic mass is 10.1. The summed E-state index contributed by atoms with van der Waals surface area (Å²) in [6, 6.07) is 0. The van der Waals surface area contributed by atoms with Crippen molar-refractivity contribution in [2.24, 2.45) is 0 Å². The second-order valence-corrected chi connectivity index (χ2v) is 5.90. The van der Waals surface area contributed by atoms with Crippen molar-refractivity contribution in [2.45, 2.75) is 26.7 Å². The van der Waals surface area contributed by atoms with E-state index in [2.05, 4.69) is 20.2 Å². The summed E-state index contributed by atoms with van der Waals surface area (Å²) >= 11 is 0. The first-order valence-corrected chi connectivity index (χ1v) is 7.65. The summed E-state index contributed by atoms with van der Waals surface area (Å²) in [7, 11) is 5.37. The molecule has 2 rings (SSSR count). The monoisotopic (exact) mass is 316 g/mol. The van der Waals surface area contributed by atoms with Crippen LogP contribution in [0.1, 0.15) is 33.9 Å². The summed E-state index contributed by atoms with van der Waals surface area (Å²) in [5.41, 5.74) is 3.83. The van der Waals surface area contributed by atoms with Crippen LogP contribution in [0.2, 0.25) is 0 Å².